The number of ether oxygens (including phenoxy) is 1. The molecule has 2 aliphatic heterocycles. The molecule has 32 heavy (non-hydrogen) atoms. The summed E-state index contributed by atoms with van der Waals surface area (Å²) in [5.41, 5.74) is 2.39. The second kappa shape index (κ2) is 9.02. The summed E-state index contributed by atoms with van der Waals surface area (Å²) in [6.07, 6.45) is 3.63. The van der Waals surface area contributed by atoms with Gasteiger partial charge in [-0.25, -0.2) is 0 Å². The van der Waals surface area contributed by atoms with Gasteiger partial charge in [-0.2, -0.15) is 0 Å². The number of carbonyl (C=O) groups excluding carboxylic acids is 1. The lowest BCUT2D eigenvalue weighted by molar-refractivity contribution is -0.173. The van der Waals surface area contributed by atoms with Crippen molar-refractivity contribution in [3.8, 4) is 0 Å². The first kappa shape index (κ1) is 21.1. The summed E-state index contributed by atoms with van der Waals surface area (Å²) in [5, 5.41) is 0.722. The van der Waals surface area contributed by atoms with Crippen LogP contribution in [0.2, 0.25) is 5.02 Å². The number of hydrogen-bond donors (Lipinski definition) is 0. The van der Waals surface area contributed by atoms with Gasteiger partial charge in [0.2, 0.25) is 0 Å². The molecule has 1 aromatic heterocycles. The summed E-state index contributed by atoms with van der Waals surface area (Å²) in [4.78, 5) is 22.5. The van der Waals surface area contributed by atoms with E-state index in [1.54, 1.807) is 6.20 Å². The number of nitrogens with zero attached hydrogens (tertiary/aromatic N) is 3. The van der Waals surface area contributed by atoms with Crippen LogP contribution in [0.5, 0.6) is 0 Å². The Bertz CT molecular complexity index is 1080. The van der Waals surface area contributed by atoms with E-state index in [1.807, 2.05) is 53.6 Å². The monoisotopic (exact) mass is 447 g/mol. The van der Waals surface area contributed by atoms with E-state index >= 15 is 0 Å². The predicted octanol–water partition coefficient (Wildman–Crippen LogP) is 4.13. The highest BCUT2D eigenvalue weighted by atomic mass is 35.5. The molecule has 2 saturated heterocycles. The fourth-order valence-corrected chi connectivity index (χ4v) is 5.18. The average molecular weight is 448 g/mol. The molecule has 0 saturated carbocycles. The zero-order chi connectivity index (χ0) is 22.0. The van der Waals surface area contributed by atoms with Crippen LogP contribution in [0.15, 0.2) is 79.1 Å². The fraction of sp³-hybridized carbons (Fsp3) is 0.308. The molecule has 3 heterocycles. The second-order valence-electron chi connectivity index (χ2n) is 8.59. The summed E-state index contributed by atoms with van der Waals surface area (Å²) >= 11 is 6.20. The van der Waals surface area contributed by atoms with E-state index in [0.717, 1.165) is 28.3 Å². The lowest BCUT2D eigenvalue weighted by Gasteiger charge is -2.42. The van der Waals surface area contributed by atoms with Crippen molar-refractivity contribution in [3.63, 3.8) is 0 Å². The highest BCUT2D eigenvalue weighted by Crippen LogP contribution is 2.42. The van der Waals surface area contributed by atoms with Crippen LogP contribution in [0.4, 0.5) is 0 Å². The summed E-state index contributed by atoms with van der Waals surface area (Å²) < 4.78 is 6.38. The molecule has 5 rings (SSSR count). The second-order valence-corrected chi connectivity index (χ2v) is 9.03. The SMILES string of the molecule is O=C1N(Cc2ccccc2)CCO[C@@]12CN(Cc1cccc(Cl)c1)C[C@H]2c1cccnc1. The van der Waals surface area contributed by atoms with Crippen molar-refractivity contribution in [2.24, 2.45) is 0 Å². The Morgan fingerprint density at radius 2 is 1.88 bits per heavy atom. The smallest absolute Gasteiger partial charge is 0.257 e. The molecule has 164 valence electrons. The number of carbonyl (C=O) groups is 1. The van der Waals surface area contributed by atoms with E-state index in [-0.39, 0.29) is 11.8 Å². The van der Waals surface area contributed by atoms with Crippen molar-refractivity contribution in [1.82, 2.24) is 14.8 Å². The van der Waals surface area contributed by atoms with E-state index in [1.165, 1.54) is 0 Å². The molecule has 2 aromatic carbocycles. The highest BCUT2D eigenvalue weighted by Gasteiger charge is 2.56. The van der Waals surface area contributed by atoms with Crippen LogP contribution in [0.1, 0.15) is 22.6 Å². The molecule has 5 nitrogen and oxygen atoms in total. The van der Waals surface area contributed by atoms with Gasteiger partial charge in [-0.1, -0.05) is 60.1 Å². The molecule has 0 N–H and O–H groups in total. The molecular formula is C26H26ClN3O2. The molecule has 2 atom stereocenters. The van der Waals surface area contributed by atoms with E-state index in [0.29, 0.717) is 32.8 Å². The number of halogens is 1. The molecule has 3 aromatic rings. The maximum atomic E-state index is 13.9. The first-order valence-corrected chi connectivity index (χ1v) is 11.4. The molecule has 1 spiro atoms. The first-order valence-electron chi connectivity index (χ1n) is 11.0. The number of hydrogen-bond acceptors (Lipinski definition) is 4. The molecule has 2 fully saturated rings. The maximum Gasteiger partial charge on any atom is 0.257 e. The van der Waals surface area contributed by atoms with Gasteiger partial charge in [0.15, 0.2) is 5.60 Å². The van der Waals surface area contributed by atoms with Crippen molar-refractivity contribution in [2.45, 2.75) is 24.6 Å². The Hall–Kier alpha value is -2.73. The van der Waals surface area contributed by atoms with E-state index in [2.05, 4.69) is 34.1 Å². The Kier molecular flexibility index (Phi) is 5.96. The van der Waals surface area contributed by atoms with Crippen LogP contribution in [0.25, 0.3) is 0 Å². The van der Waals surface area contributed by atoms with Crippen LogP contribution >= 0.6 is 11.6 Å². The van der Waals surface area contributed by atoms with Crippen LogP contribution in [0.3, 0.4) is 0 Å². The number of rotatable bonds is 5. The van der Waals surface area contributed by atoms with E-state index in [4.69, 9.17) is 16.3 Å². The van der Waals surface area contributed by atoms with Crippen LogP contribution in [-0.4, -0.2) is 52.5 Å². The summed E-state index contributed by atoms with van der Waals surface area (Å²) in [7, 11) is 0. The van der Waals surface area contributed by atoms with Gasteiger partial charge in [-0.3, -0.25) is 14.7 Å². The summed E-state index contributed by atoms with van der Waals surface area (Å²) in [6.45, 7) is 3.71. The summed E-state index contributed by atoms with van der Waals surface area (Å²) in [5.74, 6) is -0.0171. The Morgan fingerprint density at radius 3 is 2.66 bits per heavy atom. The van der Waals surface area contributed by atoms with Crippen molar-refractivity contribution in [2.75, 3.05) is 26.2 Å². The molecule has 0 radical (unpaired) electrons. The minimum absolute atomic E-state index is 0.0649. The normalized spacial score (nSPS) is 23.7. The third kappa shape index (κ3) is 4.16. The number of likely N-dealkylation sites (tertiary alicyclic amines) is 1. The van der Waals surface area contributed by atoms with Gasteiger partial charge in [-0.05, 0) is 34.9 Å². The van der Waals surface area contributed by atoms with E-state index in [9.17, 15) is 4.79 Å². The zero-order valence-electron chi connectivity index (χ0n) is 17.9. The topological polar surface area (TPSA) is 45.7 Å². The quantitative estimate of drug-likeness (QED) is 0.590. The molecular weight excluding hydrogens is 422 g/mol. The maximum absolute atomic E-state index is 13.9. The third-order valence-electron chi connectivity index (χ3n) is 6.43. The minimum atomic E-state index is -0.908. The lowest BCUT2D eigenvalue weighted by Crippen LogP contribution is -2.59. The first-order chi connectivity index (χ1) is 15.6. The fourth-order valence-electron chi connectivity index (χ4n) is 4.97. The van der Waals surface area contributed by atoms with E-state index < -0.39 is 5.60 Å². The van der Waals surface area contributed by atoms with Crippen molar-refractivity contribution in [3.05, 3.63) is 101 Å². The number of benzene rings is 2. The van der Waals surface area contributed by atoms with Crippen molar-refractivity contribution in [1.29, 1.82) is 0 Å². The van der Waals surface area contributed by atoms with Gasteiger partial charge >= 0.3 is 0 Å². The molecule has 2 aliphatic rings. The number of pyridine rings is 1. The Labute approximate surface area is 193 Å². The van der Waals surface area contributed by atoms with Gasteiger partial charge < -0.3 is 9.64 Å². The largest absolute Gasteiger partial charge is 0.361 e. The van der Waals surface area contributed by atoms with Gasteiger partial charge in [0.05, 0.1) is 6.61 Å². The summed E-state index contributed by atoms with van der Waals surface area (Å²) in [6, 6.07) is 22.0. The Balaban J connectivity index is 1.45. The molecule has 1 amide bonds. The predicted molar refractivity (Wildman–Crippen MR) is 124 cm³/mol. The third-order valence-corrected chi connectivity index (χ3v) is 6.67. The Morgan fingerprint density at radius 1 is 1.03 bits per heavy atom. The lowest BCUT2D eigenvalue weighted by atomic mass is 9.83. The highest BCUT2D eigenvalue weighted by molar-refractivity contribution is 6.30. The number of morpholine rings is 1. The van der Waals surface area contributed by atoms with Gasteiger partial charge in [0.25, 0.3) is 5.91 Å². The van der Waals surface area contributed by atoms with Crippen molar-refractivity contribution >= 4 is 17.5 Å². The minimum Gasteiger partial charge on any atom is -0.361 e. The molecule has 0 aliphatic carbocycles. The van der Waals surface area contributed by atoms with Crippen LogP contribution < -0.4 is 0 Å². The van der Waals surface area contributed by atoms with Crippen LogP contribution in [0, 0.1) is 0 Å². The van der Waals surface area contributed by atoms with Gasteiger partial charge in [-0.15, -0.1) is 0 Å². The standard InChI is InChI=1S/C26H26ClN3O2/c27-23-10-4-8-21(14-23)16-29-18-24(22-9-5-11-28-15-22)26(19-29)25(31)30(12-13-32-26)17-20-6-2-1-3-7-20/h1-11,14-15,24H,12-13,16-19H2/t24-,26+/m0/s1. The number of aromatic nitrogens is 1. The van der Waals surface area contributed by atoms with Crippen LogP contribution in [-0.2, 0) is 22.6 Å². The van der Waals surface area contributed by atoms with Gasteiger partial charge in [0, 0.05) is 56.1 Å². The molecule has 6 heteroatoms. The average Bonchev–Trinajstić information content (AvgIpc) is 3.17. The number of amides is 1. The van der Waals surface area contributed by atoms with Crippen molar-refractivity contribution < 1.29 is 9.53 Å². The van der Waals surface area contributed by atoms with Gasteiger partial charge in [0.1, 0.15) is 0 Å². The zero-order valence-corrected chi connectivity index (χ0v) is 18.6. The molecule has 0 bridgehead atoms. The molecule has 0 unspecified atom stereocenters.